The fraction of sp³-hybridized carbons (Fsp3) is 0.222. The summed E-state index contributed by atoms with van der Waals surface area (Å²) in [5.74, 6) is 0. The molecule has 1 N–H and O–H groups in total. The standard InChI is InChI=1S/C9H10N2S/c1-6-2-3-7-8(4-6)10-5-9(12)11-7/h2-5,9,11-12H,1H3. The lowest BCUT2D eigenvalue weighted by Gasteiger charge is -2.17. The van der Waals surface area contributed by atoms with E-state index in [2.05, 4.69) is 42.0 Å². The quantitative estimate of drug-likeness (QED) is 0.586. The van der Waals surface area contributed by atoms with Gasteiger partial charge in [0.25, 0.3) is 0 Å². The molecule has 1 aromatic rings. The number of rotatable bonds is 0. The van der Waals surface area contributed by atoms with Gasteiger partial charge in [0, 0.05) is 6.21 Å². The number of anilines is 1. The van der Waals surface area contributed by atoms with Crippen LogP contribution in [0.3, 0.4) is 0 Å². The first-order valence-corrected chi connectivity index (χ1v) is 4.37. The number of aryl methyl sites for hydroxylation is 1. The van der Waals surface area contributed by atoms with Crippen molar-refractivity contribution < 1.29 is 0 Å². The molecule has 0 radical (unpaired) electrons. The van der Waals surface area contributed by atoms with Crippen molar-refractivity contribution in [1.82, 2.24) is 0 Å². The highest BCUT2D eigenvalue weighted by Gasteiger charge is 2.09. The van der Waals surface area contributed by atoms with E-state index in [1.54, 1.807) is 6.21 Å². The van der Waals surface area contributed by atoms with E-state index in [-0.39, 0.29) is 5.37 Å². The molecule has 3 heteroatoms. The molecule has 0 spiro atoms. The van der Waals surface area contributed by atoms with Gasteiger partial charge in [-0.2, -0.15) is 0 Å². The molecule has 2 nitrogen and oxygen atoms in total. The lowest BCUT2D eigenvalue weighted by atomic mass is 10.2. The molecule has 0 saturated heterocycles. The lowest BCUT2D eigenvalue weighted by molar-refractivity contribution is 1.27. The maximum absolute atomic E-state index is 4.27. The maximum Gasteiger partial charge on any atom is 0.105 e. The predicted molar refractivity (Wildman–Crippen MR) is 55.7 cm³/mol. The monoisotopic (exact) mass is 178 g/mol. The molecular weight excluding hydrogens is 168 g/mol. The van der Waals surface area contributed by atoms with Crippen LogP contribution in [0.5, 0.6) is 0 Å². The van der Waals surface area contributed by atoms with E-state index >= 15 is 0 Å². The smallest absolute Gasteiger partial charge is 0.105 e. The minimum atomic E-state index is 0.0419. The Morgan fingerprint density at radius 2 is 2.33 bits per heavy atom. The summed E-state index contributed by atoms with van der Waals surface area (Å²) in [6, 6.07) is 6.15. The van der Waals surface area contributed by atoms with Gasteiger partial charge in [-0.1, -0.05) is 6.07 Å². The topological polar surface area (TPSA) is 24.4 Å². The van der Waals surface area contributed by atoms with Gasteiger partial charge in [-0.05, 0) is 24.6 Å². The van der Waals surface area contributed by atoms with Crippen molar-refractivity contribution in [2.45, 2.75) is 12.3 Å². The molecular formula is C9H10N2S. The summed E-state index contributed by atoms with van der Waals surface area (Å²) in [5.41, 5.74) is 3.29. The first kappa shape index (κ1) is 7.68. The maximum atomic E-state index is 4.27. The zero-order valence-corrected chi connectivity index (χ0v) is 7.68. The molecule has 62 valence electrons. The van der Waals surface area contributed by atoms with Crippen molar-refractivity contribution >= 4 is 30.2 Å². The lowest BCUT2D eigenvalue weighted by Crippen LogP contribution is -2.16. The van der Waals surface area contributed by atoms with Crippen molar-refractivity contribution in [3.05, 3.63) is 23.8 Å². The molecule has 12 heavy (non-hydrogen) atoms. The molecule has 0 aromatic heterocycles. The van der Waals surface area contributed by atoms with Gasteiger partial charge < -0.3 is 5.32 Å². The summed E-state index contributed by atoms with van der Waals surface area (Å²) < 4.78 is 0. The highest BCUT2D eigenvalue weighted by molar-refractivity contribution is 7.81. The minimum absolute atomic E-state index is 0.0419. The van der Waals surface area contributed by atoms with Crippen molar-refractivity contribution in [3.8, 4) is 0 Å². The van der Waals surface area contributed by atoms with Crippen molar-refractivity contribution in [3.63, 3.8) is 0 Å². The highest BCUT2D eigenvalue weighted by atomic mass is 32.1. The Kier molecular flexibility index (Phi) is 1.81. The summed E-state index contributed by atoms with van der Waals surface area (Å²) in [7, 11) is 0. The molecule has 1 aromatic carbocycles. The molecule has 0 aliphatic carbocycles. The Hall–Kier alpha value is -0.960. The number of nitrogens with one attached hydrogen (secondary N) is 1. The van der Waals surface area contributed by atoms with Gasteiger partial charge in [0.15, 0.2) is 0 Å². The van der Waals surface area contributed by atoms with Crippen LogP contribution in [0.4, 0.5) is 11.4 Å². The van der Waals surface area contributed by atoms with E-state index in [1.165, 1.54) is 5.56 Å². The number of nitrogens with zero attached hydrogens (tertiary/aromatic N) is 1. The third-order valence-electron chi connectivity index (χ3n) is 1.81. The molecule has 1 atom stereocenters. The minimum Gasteiger partial charge on any atom is -0.367 e. The Morgan fingerprint density at radius 1 is 1.50 bits per heavy atom. The number of aliphatic imine (C=N–C) groups is 1. The van der Waals surface area contributed by atoms with Gasteiger partial charge in [-0.3, -0.25) is 4.99 Å². The van der Waals surface area contributed by atoms with Crippen LogP contribution in [-0.4, -0.2) is 11.6 Å². The van der Waals surface area contributed by atoms with Crippen LogP contribution in [-0.2, 0) is 0 Å². The van der Waals surface area contributed by atoms with Crippen molar-refractivity contribution in [2.75, 3.05) is 5.32 Å². The predicted octanol–water partition coefficient (Wildman–Crippen LogP) is 2.38. The van der Waals surface area contributed by atoms with E-state index < -0.39 is 0 Å². The first-order valence-electron chi connectivity index (χ1n) is 3.85. The zero-order chi connectivity index (χ0) is 8.55. The third kappa shape index (κ3) is 1.32. The highest BCUT2D eigenvalue weighted by Crippen LogP contribution is 2.29. The van der Waals surface area contributed by atoms with Crippen LogP contribution in [0.25, 0.3) is 0 Å². The van der Waals surface area contributed by atoms with E-state index in [0.29, 0.717) is 0 Å². The summed E-state index contributed by atoms with van der Waals surface area (Å²) >= 11 is 4.25. The second-order valence-electron chi connectivity index (χ2n) is 2.89. The zero-order valence-electron chi connectivity index (χ0n) is 6.78. The number of benzene rings is 1. The summed E-state index contributed by atoms with van der Waals surface area (Å²) in [6.45, 7) is 2.06. The van der Waals surface area contributed by atoms with Crippen molar-refractivity contribution in [1.29, 1.82) is 0 Å². The van der Waals surface area contributed by atoms with E-state index in [4.69, 9.17) is 0 Å². The SMILES string of the molecule is Cc1ccc2c(c1)N=CC(S)N2. The first-order chi connectivity index (χ1) is 5.75. The molecule has 2 rings (SSSR count). The third-order valence-corrected chi connectivity index (χ3v) is 2.07. The normalized spacial score (nSPS) is 20.0. The van der Waals surface area contributed by atoms with Crippen LogP contribution in [0.2, 0.25) is 0 Å². The Balaban J connectivity index is 2.47. The Labute approximate surface area is 77.1 Å². The molecule has 1 heterocycles. The number of hydrogen-bond donors (Lipinski definition) is 2. The molecule has 1 aliphatic heterocycles. The van der Waals surface area contributed by atoms with Crippen LogP contribution in [0.15, 0.2) is 23.2 Å². The van der Waals surface area contributed by atoms with Crippen LogP contribution in [0, 0.1) is 6.92 Å². The average Bonchev–Trinajstić information content (AvgIpc) is 2.05. The van der Waals surface area contributed by atoms with E-state index in [0.717, 1.165) is 11.4 Å². The van der Waals surface area contributed by atoms with Crippen LogP contribution >= 0.6 is 12.6 Å². The fourth-order valence-corrected chi connectivity index (χ4v) is 1.42. The molecule has 1 aliphatic rings. The van der Waals surface area contributed by atoms with Crippen molar-refractivity contribution in [2.24, 2.45) is 4.99 Å². The van der Waals surface area contributed by atoms with Crippen LogP contribution < -0.4 is 5.32 Å². The second-order valence-corrected chi connectivity index (χ2v) is 3.44. The van der Waals surface area contributed by atoms with Gasteiger partial charge >= 0.3 is 0 Å². The van der Waals surface area contributed by atoms with Gasteiger partial charge in [0.2, 0.25) is 0 Å². The number of hydrogen-bond acceptors (Lipinski definition) is 3. The Morgan fingerprint density at radius 3 is 3.17 bits per heavy atom. The molecule has 1 unspecified atom stereocenters. The molecule has 0 fully saturated rings. The fourth-order valence-electron chi connectivity index (χ4n) is 1.22. The van der Waals surface area contributed by atoms with Gasteiger partial charge in [-0.15, -0.1) is 12.6 Å². The summed E-state index contributed by atoms with van der Waals surface area (Å²) in [6.07, 6.45) is 1.80. The summed E-state index contributed by atoms with van der Waals surface area (Å²) in [4.78, 5) is 4.27. The molecule has 0 saturated carbocycles. The van der Waals surface area contributed by atoms with E-state index in [9.17, 15) is 0 Å². The largest absolute Gasteiger partial charge is 0.367 e. The molecule has 0 amide bonds. The average molecular weight is 178 g/mol. The number of fused-ring (bicyclic) bond motifs is 1. The van der Waals surface area contributed by atoms with E-state index in [1.807, 2.05) is 6.07 Å². The summed E-state index contributed by atoms with van der Waals surface area (Å²) in [5, 5.41) is 3.24. The van der Waals surface area contributed by atoms with Crippen LogP contribution in [0.1, 0.15) is 5.56 Å². The number of thiol groups is 1. The van der Waals surface area contributed by atoms with Gasteiger partial charge in [-0.25, -0.2) is 0 Å². The van der Waals surface area contributed by atoms with Gasteiger partial charge in [0.05, 0.1) is 11.4 Å². The second kappa shape index (κ2) is 2.83. The molecule has 0 bridgehead atoms. The van der Waals surface area contributed by atoms with Gasteiger partial charge in [0.1, 0.15) is 5.37 Å². The Bertz CT molecular complexity index is 333.